The van der Waals surface area contributed by atoms with E-state index in [1.54, 1.807) is 24.3 Å². The van der Waals surface area contributed by atoms with E-state index >= 15 is 0 Å². The van der Waals surface area contributed by atoms with Gasteiger partial charge in [-0.3, -0.25) is 4.79 Å². The number of hydrogen-bond acceptors (Lipinski definition) is 5. The molecule has 1 amide bonds. The fraction of sp³-hybridized carbons (Fsp3) is 0.250. The molecule has 0 aliphatic rings. The van der Waals surface area contributed by atoms with Gasteiger partial charge in [-0.05, 0) is 6.07 Å². The van der Waals surface area contributed by atoms with Crippen molar-refractivity contribution in [3.05, 3.63) is 36.0 Å². The molecule has 0 atom stereocenters. The van der Waals surface area contributed by atoms with Crippen molar-refractivity contribution in [3.8, 4) is 0 Å². The average Bonchev–Trinajstić information content (AvgIpc) is 2.42. The van der Waals surface area contributed by atoms with E-state index in [0.717, 1.165) is 0 Å². The molecule has 8 heteroatoms. The highest BCUT2D eigenvalue weighted by molar-refractivity contribution is 7.85. The Labute approximate surface area is 116 Å². The van der Waals surface area contributed by atoms with Gasteiger partial charge in [-0.15, -0.1) is 0 Å². The highest BCUT2D eigenvalue weighted by atomic mass is 32.2. The fourth-order valence-corrected chi connectivity index (χ4v) is 2.22. The molecule has 0 saturated carbocycles. The first kappa shape index (κ1) is 14.4. The maximum absolute atomic E-state index is 11.8. The molecular weight excluding hydrogens is 282 g/mol. The van der Waals surface area contributed by atoms with Gasteiger partial charge in [0, 0.05) is 17.5 Å². The van der Waals surface area contributed by atoms with E-state index in [0.29, 0.717) is 16.5 Å². The monoisotopic (exact) mass is 295 g/mol. The summed E-state index contributed by atoms with van der Waals surface area (Å²) in [5.74, 6) is -0.877. The minimum atomic E-state index is -4.33. The van der Waals surface area contributed by atoms with E-state index in [2.05, 4.69) is 10.4 Å². The van der Waals surface area contributed by atoms with Gasteiger partial charge in [0.15, 0.2) is 6.54 Å². The molecule has 1 N–H and O–H groups in total. The predicted octanol–water partition coefficient (Wildman–Crippen LogP) is -0.573. The Kier molecular flexibility index (Phi) is 3.96. The van der Waals surface area contributed by atoms with E-state index in [1.807, 2.05) is 0 Å². The van der Waals surface area contributed by atoms with Crippen LogP contribution in [-0.4, -0.2) is 36.8 Å². The van der Waals surface area contributed by atoms with E-state index in [9.17, 15) is 17.8 Å². The number of benzene rings is 1. The fourth-order valence-electron chi connectivity index (χ4n) is 1.81. The minimum Gasteiger partial charge on any atom is -0.748 e. The number of fused-ring (bicyclic) bond motifs is 1. The van der Waals surface area contributed by atoms with Crippen LogP contribution in [0.2, 0.25) is 0 Å². The summed E-state index contributed by atoms with van der Waals surface area (Å²) in [6.07, 6.45) is 1.44. The molecule has 2 rings (SSSR count). The van der Waals surface area contributed by atoms with Crippen molar-refractivity contribution in [3.63, 3.8) is 0 Å². The summed E-state index contributed by atoms with van der Waals surface area (Å²) < 4.78 is 33.3. The summed E-state index contributed by atoms with van der Waals surface area (Å²) in [7, 11) is -2.82. The smallest absolute Gasteiger partial charge is 0.257 e. The molecular formula is C12H13N3O4S. The lowest BCUT2D eigenvalue weighted by Crippen LogP contribution is -2.42. The molecule has 0 aliphatic carbocycles. The van der Waals surface area contributed by atoms with Crippen molar-refractivity contribution in [2.24, 2.45) is 0 Å². The SMILES string of the molecule is CNC(=O)c1c[n+](CCS(=O)(=O)[O-])nc2ccccc12. The van der Waals surface area contributed by atoms with Crippen molar-refractivity contribution in [2.45, 2.75) is 6.54 Å². The van der Waals surface area contributed by atoms with Gasteiger partial charge < -0.3 is 9.87 Å². The molecule has 0 spiro atoms. The molecule has 0 saturated heterocycles. The van der Waals surface area contributed by atoms with Crippen molar-refractivity contribution >= 4 is 26.9 Å². The highest BCUT2D eigenvalue weighted by Gasteiger charge is 2.17. The van der Waals surface area contributed by atoms with Gasteiger partial charge in [0.1, 0.15) is 21.2 Å². The van der Waals surface area contributed by atoms with Crippen LogP contribution in [-0.2, 0) is 16.7 Å². The lowest BCUT2D eigenvalue weighted by molar-refractivity contribution is -0.747. The summed E-state index contributed by atoms with van der Waals surface area (Å²) in [6.45, 7) is -0.0966. The molecule has 1 heterocycles. The van der Waals surface area contributed by atoms with Crippen LogP contribution in [0, 0.1) is 0 Å². The molecule has 0 fully saturated rings. The molecule has 7 nitrogen and oxygen atoms in total. The molecule has 2 aromatic rings. The molecule has 0 radical (unpaired) electrons. The molecule has 1 aromatic carbocycles. The molecule has 0 bridgehead atoms. The second-order valence-electron chi connectivity index (χ2n) is 4.16. The van der Waals surface area contributed by atoms with Crippen LogP contribution in [0.25, 0.3) is 10.9 Å². The number of nitrogens with zero attached hydrogens (tertiary/aromatic N) is 2. The number of carbonyl (C=O) groups is 1. The Morgan fingerprint density at radius 3 is 2.75 bits per heavy atom. The van der Waals surface area contributed by atoms with E-state index in [1.165, 1.54) is 17.9 Å². The number of amides is 1. The Hall–Kier alpha value is -2.06. The van der Waals surface area contributed by atoms with Crippen LogP contribution in [0.15, 0.2) is 30.5 Å². The molecule has 20 heavy (non-hydrogen) atoms. The number of hydrogen-bond donors (Lipinski definition) is 1. The van der Waals surface area contributed by atoms with Crippen LogP contribution in [0.3, 0.4) is 0 Å². The van der Waals surface area contributed by atoms with Gasteiger partial charge in [-0.25, -0.2) is 8.42 Å². The lowest BCUT2D eigenvalue weighted by Gasteiger charge is -2.05. The molecule has 106 valence electrons. The first-order chi connectivity index (χ1) is 9.40. The van der Waals surface area contributed by atoms with Crippen molar-refractivity contribution in [1.82, 2.24) is 10.4 Å². The van der Waals surface area contributed by atoms with Gasteiger partial charge in [0.2, 0.25) is 6.20 Å². The zero-order valence-electron chi connectivity index (χ0n) is 10.7. The van der Waals surface area contributed by atoms with Gasteiger partial charge >= 0.3 is 0 Å². The van der Waals surface area contributed by atoms with Gasteiger partial charge in [0.05, 0.1) is 5.75 Å². The van der Waals surface area contributed by atoms with Crippen LogP contribution < -0.4 is 10.00 Å². The molecule has 0 unspecified atom stereocenters. The number of aryl methyl sites for hydroxylation is 1. The third-order valence-corrected chi connectivity index (χ3v) is 3.43. The Morgan fingerprint density at radius 1 is 1.40 bits per heavy atom. The van der Waals surface area contributed by atoms with E-state index in [-0.39, 0.29) is 12.5 Å². The van der Waals surface area contributed by atoms with Crippen molar-refractivity contribution in [2.75, 3.05) is 12.8 Å². The lowest BCUT2D eigenvalue weighted by atomic mass is 10.1. The largest absolute Gasteiger partial charge is 0.748 e. The number of aromatic nitrogens is 2. The molecule has 1 aromatic heterocycles. The predicted molar refractivity (Wildman–Crippen MR) is 69.9 cm³/mol. The summed E-state index contributed by atoms with van der Waals surface area (Å²) in [6, 6.07) is 7.01. The maximum atomic E-state index is 11.8. The van der Waals surface area contributed by atoms with E-state index < -0.39 is 15.9 Å². The second kappa shape index (κ2) is 5.51. The van der Waals surface area contributed by atoms with Gasteiger partial charge in [-0.2, -0.15) is 0 Å². The number of nitrogens with one attached hydrogen (secondary N) is 1. The topological polar surface area (TPSA) is 103 Å². The number of rotatable bonds is 4. The van der Waals surface area contributed by atoms with Crippen molar-refractivity contribution in [1.29, 1.82) is 0 Å². The summed E-state index contributed by atoms with van der Waals surface area (Å²) in [5.41, 5.74) is 0.929. The van der Waals surface area contributed by atoms with Crippen molar-refractivity contribution < 1.29 is 22.4 Å². The Morgan fingerprint density at radius 2 is 2.10 bits per heavy atom. The Bertz CT molecular complexity index is 758. The zero-order valence-corrected chi connectivity index (χ0v) is 11.6. The van der Waals surface area contributed by atoms with Gasteiger partial charge in [-0.1, -0.05) is 22.9 Å². The minimum absolute atomic E-state index is 0.0966. The third kappa shape index (κ3) is 3.28. The third-order valence-electron chi connectivity index (χ3n) is 2.75. The summed E-state index contributed by atoms with van der Waals surface area (Å²) in [5, 5.41) is 7.36. The quantitative estimate of drug-likeness (QED) is 0.601. The normalized spacial score (nSPS) is 11.5. The second-order valence-corrected chi connectivity index (χ2v) is 5.69. The number of carbonyl (C=O) groups excluding carboxylic acids is 1. The zero-order chi connectivity index (χ0) is 14.8. The van der Waals surface area contributed by atoms with Crippen LogP contribution in [0.5, 0.6) is 0 Å². The van der Waals surface area contributed by atoms with Gasteiger partial charge in [0.25, 0.3) is 5.91 Å². The highest BCUT2D eigenvalue weighted by Crippen LogP contribution is 2.14. The average molecular weight is 295 g/mol. The first-order valence-electron chi connectivity index (χ1n) is 5.86. The summed E-state index contributed by atoms with van der Waals surface area (Å²) in [4.78, 5) is 11.8. The maximum Gasteiger partial charge on any atom is 0.257 e. The van der Waals surface area contributed by atoms with Crippen LogP contribution in [0.4, 0.5) is 0 Å². The first-order valence-corrected chi connectivity index (χ1v) is 7.43. The Balaban J connectivity index is 2.49. The van der Waals surface area contributed by atoms with Crippen LogP contribution >= 0.6 is 0 Å². The summed E-state index contributed by atoms with van der Waals surface area (Å²) >= 11 is 0. The van der Waals surface area contributed by atoms with Crippen LogP contribution in [0.1, 0.15) is 10.4 Å². The van der Waals surface area contributed by atoms with E-state index in [4.69, 9.17) is 0 Å². The standard InChI is InChI=1S/C12H13N3O4S/c1-13-12(16)10-8-15(6-7-20(17,18)19)14-11-5-3-2-4-9(10)11/h2-5,8H,6-7H2,1H3,(H-,13,16,17,18,19). The molecule has 0 aliphatic heterocycles.